The second-order valence-corrected chi connectivity index (χ2v) is 3.71. The fourth-order valence-electron chi connectivity index (χ4n) is 1.42. The Morgan fingerprint density at radius 3 is 2.58 bits per heavy atom. The quantitative estimate of drug-likeness (QED) is 0.612. The lowest BCUT2D eigenvalue weighted by atomic mass is 10.2. The van der Waals surface area contributed by atoms with Gasteiger partial charge in [0.2, 0.25) is 5.91 Å². The predicted octanol–water partition coefficient (Wildman–Crippen LogP) is -0.268. The fourth-order valence-corrected chi connectivity index (χ4v) is 1.42. The van der Waals surface area contributed by atoms with Crippen LogP contribution < -0.4 is 20.5 Å². The molecular formula is C12H16N2O5. The van der Waals surface area contributed by atoms with Gasteiger partial charge in [-0.05, 0) is 18.2 Å². The molecule has 0 heterocycles. The average Bonchev–Trinajstić information content (AvgIpc) is 2.43. The fraction of sp³-hybridized carbons (Fsp3) is 0.333. The van der Waals surface area contributed by atoms with Gasteiger partial charge in [0, 0.05) is 12.1 Å². The van der Waals surface area contributed by atoms with Crippen LogP contribution in [0.4, 0.5) is 0 Å². The SMILES string of the molecule is COc1ccc(OC)c(CNC(=O)C(N)C(=O)O)c1. The number of aliphatic carboxylic acids is 1. The van der Waals surface area contributed by atoms with Gasteiger partial charge in [0.25, 0.3) is 0 Å². The van der Waals surface area contributed by atoms with E-state index < -0.39 is 17.9 Å². The maximum absolute atomic E-state index is 11.4. The third-order valence-corrected chi connectivity index (χ3v) is 2.49. The number of nitrogens with two attached hydrogens (primary N) is 1. The number of methoxy groups -OCH3 is 2. The average molecular weight is 268 g/mol. The smallest absolute Gasteiger partial charge is 0.330 e. The molecule has 1 amide bonds. The van der Waals surface area contributed by atoms with E-state index in [0.29, 0.717) is 17.1 Å². The van der Waals surface area contributed by atoms with Gasteiger partial charge in [-0.25, -0.2) is 4.79 Å². The third kappa shape index (κ3) is 3.85. The van der Waals surface area contributed by atoms with Gasteiger partial charge >= 0.3 is 5.97 Å². The van der Waals surface area contributed by atoms with E-state index in [1.54, 1.807) is 18.2 Å². The highest BCUT2D eigenvalue weighted by Gasteiger charge is 2.21. The van der Waals surface area contributed by atoms with Gasteiger partial charge < -0.3 is 25.6 Å². The second kappa shape index (κ2) is 6.60. The summed E-state index contributed by atoms with van der Waals surface area (Å²) in [6, 6.07) is 3.51. The molecule has 0 fully saturated rings. The van der Waals surface area contributed by atoms with Crippen LogP contribution in [0.5, 0.6) is 11.5 Å². The minimum Gasteiger partial charge on any atom is -0.497 e. The van der Waals surface area contributed by atoms with E-state index >= 15 is 0 Å². The molecule has 1 aromatic rings. The van der Waals surface area contributed by atoms with Crippen molar-refractivity contribution in [2.24, 2.45) is 5.73 Å². The highest BCUT2D eigenvalue weighted by atomic mass is 16.5. The first-order valence-electron chi connectivity index (χ1n) is 5.46. The van der Waals surface area contributed by atoms with E-state index in [2.05, 4.69) is 5.32 Å². The third-order valence-electron chi connectivity index (χ3n) is 2.49. The number of benzene rings is 1. The molecule has 0 aromatic heterocycles. The number of nitrogens with one attached hydrogen (secondary N) is 1. The van der Waals surface area contributed by atoms with E-state index in [0.717, 1.165) is 0 Å². The highest BCUT2D eigenvalue weighted by molar-refractivity contribution is 6.00. The Bertz CT molecular complexity index is 475. The molecule has 1 unspecified atom stereocenters. The number of carboxylic acids is 1. The van der Waals surface area contributed by atoms with Crippen molar-refractivity contribution in [2.45, 2.75) is 12.6 Å². The number of carbonyl (C=O) groups excluding carboxylic acids is 1. The van der Waals surface area contributed by atoms with Gasteiger partial charge in [0.05, 0.1) is 14.2 Å². The Labute approximate surface area is 110 Å². The molecule has 104 valence electrons. The van der Waals surface area contributed by atoms with Gasteiger partial charge in [-0.15, -0.1) is 0 Å². The number of carboxylic acid groups (broad SMARTS) is 1. The maximum atomic E-state index is 11.4. The molecule has 0 saturated heterocycles. The summed E-state index contributed by atoms with van der Waals surface area (Å²) in [7, 11) is 3.01. The lowest BCUT2D eigenvalue weighted by Gasteiger charge is -2.12. The molecular weight excluding hydrogens is 252 g/mol. The van der Waals surface area contributed by atoms with Gasteiger partial charge in [-0.3, -0.25) is 4.79 Å². The number of hydrogen-bond acceptors (Lipinski definition) is 5. The first-order chi connectivity index (χ1) is 8.99. The predicted molar refractivity (Wildman–Crippen MR) is 67.0 cm³/mol. The Morgan fingerprint density at radius 1 is 1.37 bits per heavy atom. The zero-order valence-electron chi connectivity index (χ0n) is 10.7. The first-order valence-corrected chi connectivity index (χ1v) is 5.46. The lowest BCUT2D eigenvalue weighted by Crippen LogP contribution is -2.45. The van der Waals surface area contributed by atoms with Crippen molar-refractivity contribution in [3.63, 3.8) is 0 Å². The summed E-state index contributed by atoms with van der Waals surface area (Å²) < 4.78 is 10.2. The molecule has 0 aliphatic carbocycles. The van der Waals surface area contributed by atoms with Crippen LogP contribution in [0.1, 0.15) is 5.56 Å². The van der Waals surface area contributed by atoms with Gasteiger partial charge in [-0.2, -0.15) is 0 Å². The van der Waals surface area contributed by atoms with Crippen molar-refractivity contribution in [1.29, 1.82) is 0 Å². The summed E-state index contributed by atoms with van der Waals surface area (Å²) >= 11 is 0. The Balaban J connectivity index is 2.76. The van der Waals surface area contributed by atoms with Crippen LogP contribution in [0, 0.1) is 0 Å². The number of carbonyl (C=O) groups is 2. The lowest BCUT2D eigenvalue weighted by molar-refractivity contribution is -0.142. The van der Waals surface area contributed by atoms with Crippen molar-refractivity contribution in [3.05, 3.63) is 23.8 Å². The first kappa shape index (κ1) is 14.8. The number of ether oxygens (including phenoxy) is 2. The van der Waals surface area contributed by atoms with Gasteiger partial charge in [0.15, 0.2) is 6.04 Å². The molecule has 0 bridgehead atoms. The molecule has 7 nitrogen and oxygen atoms in total. The van der Waals surface area contributed by atoms with Crippen molar-refractivity contribution < 1.29 is 24.2 Å². The zero-order valence-corrected chi connectivity index (χ0v) is 10.7. The Kier molecular flexibility index (Phi) is 5.13. The summed E-state index contributed by atoms with van der Waals surface area (Å²) in [6.45, 7) is 0.0974. The molecule has 0 radical (unpaired) electrons. The number of amides is 1. The normalized spacial score (nSPS) is 11.5. The zero-order chi connectivity index (χ0) is 14.4. The minimum atomic E-state index is -1.59. The highest BCUT2D eigenvalue weighted by Crippen LogP contribution is 2.23. The molecule has 19 heavy (non-hydrogen) atoms. The monoisotopic (exact) mass is 268 g/mol. The molecule has 4 N–H and O–H groups in total. The summed E-state index contributed by atoms with van der Waals surface area (Å²) in [5, 5.41) is 11.0. The molecule has 1 atom stereocenters. The van der Waals surface area contributed by atoms with E-state index in [4.69, 9.17) is 20.3 Å². The molecule has 0 spiro atoms. The van der Waals surface area contributed by atoms with Crippen molar-refractivity contribution >= 4 is 11.9 Å². The Morgan fingerprint density at radius 2 is 2.05 bits per heavy atom. The number of hydrogen-bond donors (Lipinski definition) is 3. The van der Waals surface area contributed by atoms with E-state index in [9.17, 15) is 9.59 Å². The van der Waals surface area contributed by atoms with Crippen LogP contribution >= 0.6 is 0 Å². The van der Waals surface area contributed by atoms with Crippen molar-refractivity contribution in [3.8, 4) is 11.5 Å². The van der Waals surface area contributed by atoms with Gasteiger partial charge in [0.1, 0.15) is 11.5 Å². The topological polar surface area (TPSA) is 111 Å². The largest absolute Gasteiger partial charge is 0.497 e. The summed E-state index contributed by atoms with van der Waals surface area (Å²) in [6.07, 6.45) is 0. The molecule has 1 aromatic carbocycles. The summed E-state index contributed by atoms with van der Waals surface area (Å²) in [4.78, 5) is 22.0. The summed E-state index contributed by atoms with van der Waals surface area (Å²) in [5.74, 6) is -0.981. The van der Waals surface area contributed by atoms with Crippen molar-refractivity contribution in [1.82, 2.24) is 5.32 Å². The van der Waals surface area contributed by atoms with Crippen LogP contribution in [0.2, 0.25) is 0 Å². The van der Waals surface area contributed by atoms with Crippen molar-refractivity contribution in [2.75, 3.05) is 14.2 Å². The second-order valence-electron chi connectivity index (χ2n) is 3.71. The maximum Gasteiger partial charge on any atom is 0.330 e. The van der Waals surface area contributed by atoms with Crippen LogP contribution in [0.25, 0.3) is 0 Å². The van der Waals surface area contributed by atoms with E-state index in [1.807, 2.05) is 0 Å². The summed E-state index contributed by atoms with van der Waals surface area (Å²) in [5.41, 5.74) is 5.84. The molecule has 0 aliphatic rings. The standard InChI is InChI=1S/C12H16N2O5/c1-18-8-3-4-9(19-2)7(5-8)6-14-11(15)10(13)12(16)17/h3-5,10H,6,13H2,1-2H3,(H,14,15)(H,16,17). The van der Waals surface area contributed by atoms with Crippen LogP contribution in [-0.2, 0) is 16.1 Å². The van der Waals surface area contributed by atoms with Gasteiger partial charge in [-0.1, -0.05) is 0 Å². The molecule has 0 aliphatic heterocycles. The van der Waals surface area contributed by atoms with Crippen LogP contribution in [-0.4, -0.2) is 37.2 Å². The van der Waals surface area contributed by atoms with Crippen LogP contribution in [0.15, 0.2) is 18.2 Å². The van der Waals surface area contributed by atoms with Crippen LogP contribution in [0.3, 0.4) is 0 Å². The molecule has 7 heteroatoms. The van der Waals surface area contributed by atoms with E-state index in [-0.39, 0.29) is 6.54 Å². The Hall–Kier alpha value is -2.28. The number of rotatable bonds is 6. The minimum absolute atomic E-state index is 0.0974. The van der Waals surface area contributed by atoms with E-state index in [1.165, 1.54) is 14.2 Å². The molecule has 1 rings (SSSR count). The molecule has 0 saturated carbocycles.